The highest BCUT2D eigenvalue weighted by Gasteiger charge is 2.18. The highest BCUT2D eigenvalue weighted by atomic mass is 16.5. The van der Waals surface area contributed by atoms with E-state index in [0.717, 1.165) is 31.5 Å². The number of hydrogen-bond acceptors (Lipinski definition) is 6. The molecule has 0 atom stereocenters. The molecule has 8 heteroatoms. The quantitative estimate of drug-likeness (QED) is 0.611. The van der Waals surface area contributed by atoms with Gasteiger partial charge in [0, 0.05) is 32.1 Å². The van der Waals surface area contributed by atoms with Crippen molar-refractivity contribution in [1.82, 2.24) is 20.4 Å². The largest absolute Gasteiger partial charge is 0.485 e. The highest BCUT2D eigenvalue weighted by molar-refractivity contribution is 5.97. The number of likely N-dealkylation sites (tertiary alicyclic amines) is 1. The lowest BCUT2D eigenvalue weighted by atomic mass is 10.1. The fourth-order valence-corrected chi connectivity index (χ4v) is 3.64. The Bertz CT molecular complexity index is 1070. The molecule has 2 aromatic carbocycles. The Labute approximate surface area is 186 Å². The molecule has 1 aromatic heterocycles. The Morgan fingerprint density at radius 1 is 1.06 bits per heavy atom. The summed E-state index contributed by atoms with van der Waals surface area (Å²) in [5, 5.41) is 6.70. The fourth-order valence-electron chi connectivity index (χ4n) is 3.64. The normalized spacial score (nSPS) is 13.6. The number of ether oxygens (including phenoxy) is 1. The van der Waals surface area contributed by atoms with Crippen LogP contribution in [0, 0.1) is 6.92 Å². The van der Waals surface area contributed by atoms with Crippen molar-refractivity contribution in [2.24, 2.45) is 0 Å². The molecule has 166 valence electrons. The minimum atomic E-state index is -0.252. The fraction of sp³-hybridized carbons (Fsp3) is 0.333. The molecule has 1 aliphatic heterocycles. The molecule has 2 heterocycles. The predicted molar refractivity (Wildman–Crippen MR) is 117 cm³/mol. The zero-order valence-corrected chi connectivity index (χ0v) is 18.0. The first kappa shape index (κ1) is 21.5. The van der Waals surface area contributed by atoms with Crippen molar-refractivity contribution in [1.29, 1.82) is 0 Å². The maximum Gasteiger partial charge on any atom is 0.255 e. The first-order valence-corrected chi connectivity index (χ1v) is 10.8. The summed E-state index contributed by atoms with van der Waals surface area (Å²) in [7, 11) is 0. The van der Waals surface area contributed by atoms with Gasteiger partial charge in [0.15, 0.2) is 6.61 Å². The van der Waals surface area contributed by atoms with Crippen molar-refractivity contribution in [3.8, 4) is 5.75 Å². The predicted octanol–water partition coefficient (Wildman–Crippen LogP) is 3.51. The van der Waals surface area contributed by atoms with Crippen LogP contribution < -0.4 is 10.1 Å². The van der Waals surface area contributed by atoms with Crippen LogP contribution in [0.25, 0.3) is 0 Å². The van der Waals surface area contributed by atoms with E-state index in [0.29, 0.717) is 35.1 Å². The van der Waals surface area contributed by atoms with Crippen molar-refractivity contribution >= 4 is 11.8 Å². The second kappa shape index (κ2) is 10.1. The number of para-hydroxylation sites is 1. The van der Waals surface area contributed by atoms with Gasteiger partial charge < -0.3 is 19.5 Å². The third kappa shape index (κ3) is 5.32. The number of aryl methyl sites for hydroxylation is 1. The molecule has 1 saturated heterocycles. The van der Waals surface area contributed by atoms with Crippen LogP contribution in [0.1, 0.15) is 57.3 Å². The second-order valence-electron chi connectivity index (χ2n) is 7.75. The van der Waals surface area contributed by atoms with E-state index >= 15 is 0 Å². The van der Waals surface area contributed by atoms with Gasteiger partial charge in [0.2, 0.25) is 11.7 Å². The van der Waals surface area contributed by atoms with E-state index in [4.69, 9.17) is 9.26 Å². The van der Waals surface area contributed by atoms with Gasteiger partial charge in [-0.05, 0) is 49.1 Å². The zero-order chi connectivity index (χ0) is 22.3. The summed E-state index contributed by atoms with van der Waals surface area (Å²) < 4.78 is 10.7. The third-order valence-corrected chi connectivity index (χ3v) is 5.36. The number of piperidine rings is 1. The van der Waals surface area contributed by atoms with Crippen molar-refractivity contribution in [2.45, 2.75) is 39.3 Å². The van der Waals surface area contributed by atoms with Crippen LogP contribution in [0.4, 0.5) is 0 Å². The maximum absolute atomic E-state index is 12.7. The number of rotatable bonds is 7. The van der Waals surface area contributed by atoms with Crippen LogP contribution in [0.5, 0.6) is 5.75 Å². The summed E-state index contributed by atoms with van der Waals surface area (Å²) in [6.07, 6.45) is 3.32. The van der Waals surface area contributed by atoms with E-state index in [-0.39, 0.29) is 18.4 Å². The van der Waals surface area contributed by atoms with Crippen LogP contribution in [-0.2, 0) is 13.2 Å². The summed E-state index contributed by atoms with van der Waals surface area (Å²) in [5.41, 5.74) is 2.01. The minimum Gasteiger partial charge on any atom is -0.485 e. The van der Waals surface area contributed by atoms with Crippen LogP contribution in [0.15, 0.2) is 53.1 Å². The lowest BCUT2D eigenvalue weighted by Crippen LogP contribution is -2.35. The van der Waals surface area contributed by atoms with E-state index in [1.165, 1.54) is 6.42 Å². The number of carbonyl (C=O) groups is 2. The molecule has 0 unspecified atom stereocenters. The molecule has 0 aliphatic carbocycles. The molecule has 0 spiro atoms. The molecular formula is C24H26N4O4. The van der Waals surface area contributed by atoms with Crippen molar-refractivity contribution in [3.05, 3.63) is 76.9 Å². The maximum atomic E-state index is 12.7. The molecule has 1 fully saturated rings. The topological polar surface area (TPSA) is 97.6 Å². The molecule has 0 radical (unpaired) electrons. The van der Waals surface area contributed by atoms with E-state index in [1.54, 1.807) is 31.2 Å². The molecule has 0 bridgehead atoms. The number of amides is 2. The van der Waals surface area contributed by atoms with Crippen molar-refractivity contribution in [3.63, 3.8) is 0 Å². The van der Waals surface area contributed by atoms with Gasteiger partial charge in [-0.3, -0.25) is 9.59 Å². The molecule has 2 amide bonds. The second-order valence-corrected chi connectivity index (χ2v) is 7.75. The summed E-state index contributed by atoms with van der Waals surface area (Å²) in [6.45, 7) is 3.80. The summed E-state index contributed by atoms with van der Waals surface area (Å²) in [6, 6.07) is 14.4. The van der Waals surface area contributed by atoms with Gasteiger partial charge in [-0.2, -0.15) is 4.98 Å². The Morgan fingerprint density at radius 3 is 2.53 bits per heavy atom. The number of benzene rings is 2. The van der Waals surface area contributed by atoms with Crippen molar-refractivity contribution in [2.75, 3.05) is 13.1 Å². The molecule has 1 aliphatic rings. The lowest BCUT2D eigenvalue weighted by molar-refractivity contribution is 0.0724. The number of nitrogens with zero attached hydrogens (tertiary/aromatic N) is 3. The van der Waals surface area contributed by atoms with Crippen molar-refractivity contribution < 1.29 is 18.8 Å². The molecule has 1 N–H and O–H groups in total. The Hall–Kier alpha value is -3.68. The minimum absolute atomic E-state index is 0.0724. The van der Waals surface area contributed by atoms with Gasteiger partial charge >= 0.3 is 0 Å². The van der Waals surface area contributed by atoms with E-state index < -0.39 is 0 Å². The monoisotopic (exact) mass is 434 g/mol. The van der Waals surface area contributed by atoms with Gasteiger partial charge in [0.1, 0.15) is 5.75 Å². The van der Waals surface area contributed by atoms with Crippen LogP contribution in [-0.4, -0.2) is 39.9 Å². The van der Waals surface area contributed by atoms with Crippen LogP contribution >= 0.6 is 0 Å². The highest BCUT2D eigenvalue weighted by Crippen LogP contribution is 2.19. The first-order valence-electron chi connectivity index (χ1n) is 10.8. The van der Waals surface area contributed by atoms with Crippen LogP contribution in [0.3, 0.4) is 0 Å². The number of nitrogens with one attached hydrogen (secondary N) is 1. The standard InChI is InChI=1S/C24H26N4O4/c1-17-26-22(27-32-17)16-31-21-8-4-3-7-20(21)23(29)25-15-18-9-11-19(12-10-18)24(30)28-13-5-2-6-14-28/h3-4,7-12H,2,5-6,13-16H2,1H3,(H,25,29). The molecule has 32 heavy (non-hydrogen) atoms. The van der Waals surface area contributed by atoms with Gasteiger partial charge in [-0.25, -0.2) is 0 Å². The molecule has 3 aromatic rings. The average molecular weight is 434 g/mol. The van der Waals surface area contributed by atoms with Gasteiger partial charge in [-0.15, -0.1) is 0 Å². The molecular weight excluding hydrogens is 408 g/mol. The zero-order valence-electron chi connectivity index (χ0n) is 18.0. The molecule has 0 saturated carbocycles. The third-order valence-electron chi connectivity index (χ3n) is 5.36. The number of hydrogen-bond donors (Lipinski definition) is 1. The van der Waals surface area contributed by atoms with E-state index in [1.807, 2.05) is 29.2 Å². The Balaban J connectivity index is 1.34. The molecule has 8 nitrogen and oxygen atoms in total. The number of aromatic nitrogens is 2. The van der Waals surface area contributed by atoms with Gasteiger partial charge in [-0.1, -0.05) is 29.4 Å². The van der Waals surface area contributed by atoms with Crippen LogP contribution in [0.2, 0.25) is 0 Å². The SMILES string of the molecule is Cc1nc(COc2ccccc2C(=O)NCc2ccc(C(=O)N3CCCCC3)cc2)no1. The Kier molecular flexibility index (Phi) is 6.79. The van der Waals surface area contributed by atoms with E-state index in [2.05, 4.69) is 15.5 Å². The first-order chi connectivity index (χ1) is 15.6. The molecule has 4 rings (SSSR count). The number of carbonyl (C=O) groups excluding carboxylic acids is 2. The summed E-state index contributed by atoms with van der Waals surface area (Å²) >= 11 is 0. The average Bonchev–Trinajstić information content (AvgIpc) is 3.27. The van der Waals surface area contributed by atoms with E-state index in [9.17, 15) is 9.59 Å². The lowest BCUT2D eigenvalue weighted by Gasteiger charge is -2.26. The van der Waals surface area contributed by atoms with Gasteiger partial charge in [0.05, 0.1) is 5.56 Å². The summed E-state index contributed by atoms with van der Waals surface area (Å²) in [4.78, 5) is 31.3. The Morgan fingerprint density at radius 2 is 1.81 bits per heavy atom. The smallest absolute Gasteiger partial charge is 0.255 e. The van der Waals surface area contributed by atoms with Gasteiger partial charge in [0.25, 0.3) is 11.8 Å². The summed E-state index contributed by atoms with van der Waals surface area (Å²) in [5.74, 6) is 1.13.